The number of nitrogens with one attached hydrogen (secondary N) is 2. The lowest BCUT2D eigenvalue weighted by Gasteiger charge is -2.12. The van der Waals surface area contributed by atoms with Crippen molar-refractivity contribution in [2.24, 2.45) is 0 Å². The molecule has 98 valence electrons. The predicted octanol–water partition coefficient (Wildman–Crippen LogP) is 1.62. The third kappa shape index (κ3) is 2.88. The highest BCUT2D eigenvalue weighted by atomic mass is 15.1. The van der Waals surface area contributed by atoms with E-state index >= 15 is 0 Å². The molecule has 19 heavy (non-hydrogen) atoms. The molecular weight excluding hydrogens is 238 g/mol. The largest absolute Gasteiger partial charge is 0.350 e. The molecule has 1 saturated heterocycles. The van der Waals surface area contributed by atoms with Gasteiger partial charge in [0.2, 0.25) is 5.95 Å². The molecule has 0 radical (unpaired) electrons. The van der Waals surface area contributed by atoms with Crippen LogP contribution >= 0.6 is 0 Å². The molecule has 0 aromatic carbocycles. The van der Waals surface area contributed by atoms with E-state index in [0.717, 1.165) is 36.6 Å². The van der Waals surface area contributed by atoms with E-state index < -0.39 is 0 Å². The lowest BCUT2D eigenvalue weighted by atomic mass is 10.2. The van der Waals surface area contributed by atoms with Gasteiger partial charge in [0, 0.05) is 24.5 Å². The summed E-state index contributed by atoms with van der Waals surface area (Å²) in [5.74, 6) is 0.689. The zero-order valence-corrected chi connectivity index (χ0v) is 10.9. The third-order valence-corrected chi connectivity index (χ3v) is 3.18. The monoisotopic (exact) mass is 255 g/mol. The molecule has 0 bridgehead atoms. The summed E-state index contributed by atoms with van der Waals surface area (Å²) < 4.78 is 0. The van der Waals surface area contributed by atoms with Gasteiger partial charge in [-0.25, -0.2) is 9.97 Å². The van der Waals surface area contributed by atoms with Crippen LogP contribution in [0.2, 0.25) is 0 Å². The second-order valence-electron chi connectivity index (χ2n) is 4.77. The lowest BCUT2D eigenvalue weighted by Crippen LogP contribution is -2.23. The van der Waals surface area contributed by atoms with Crippen molar-refractivity contribution in [3.63, 3.8) is 0 Å². The van der Waals surface area contributed by atoms with Crippen molar-refractivity contribution >= 4 is 5.95 Å². The minimum Gasteiger partial charge on any atom is -0.350 e. The van der Waals surface area contributed by atoms with Crippen LogP contribution in [0.1, 0.15) is 12.1 Å². The number of pyridine rings is 1. The minimum absolute atomic E-state index is 0.415. The van der Waals surface area contributed by atoms with E-state index in [-0.39, 0.29) is 0 Å². The van der Waals surface area contributed by atoms with Gasteiger partial charge < -0.3 is 10.6 Å². The molecule has 0 saturated carbocycles. The molecule has 1 atom stereocenters. The van der Waals surface area contributed by atoms with Crippen molar-refractivity contribution in [2.75, 3.05) is 18.4 Å². The molecule has 3 rings (SSSR count). The van der Waals surface area contributed by atoms with Crippen molar-refractivity contribution in [2.45, 2.75) is 19.4 Å². The number of nitrogens with zero attached hydrogens (tertiary/aromatic N) is 3. The number of rotatable bonds is 3. The fraction of sp³-hybridized carbons (Fsp3) is 0.357. The molecule has 1 aliphatic heterocycles. The Kier molecular flexibility index (Phi) is 3.37. The Morgan fingerprint density at radius 3 is 2.95 bits per heavy atom. The SMILES string of the molecule is Cc1cc(-c2ccccn2)nc(NC2CCNC2)n1. The van der Waals surface area contributed by atoms with Crippen molar-refractivity contribution in [3.05, 3.63) is 36.2 Å². The van der Waals surface area contributed by atoms with Crippen LogP contribution in [0.25, 0.3) is 11.4 Å². The molecule has 2 aromatic rings. The smallest absolute Gasteiger partial charge is 0.223 e. The summed E-state index contributed by atoms with van der Waals surface area (Å²) in [6, 6.07) is 8.20. The molecule has 5 heteroatoms. The van der Waals surface area contributed by atoms with Gasteiger partial charge >= 0.3 is 0 Å². The van der Waals surface area contributed by atoms with E-state index in [1.54, 1.807) is 6.20 Å². The maximum atomic E-state index is 4.55. The standard InChI is InChI=1S/C14H17N5/c1-10-8-13(12-4-2-3-6-16-12)19-14(17-10)18-11-5-7-15-9-11/h2-4,6,8,11,15H,5,7,9H2,1H3,(H,17,18,19). The Balaban J connectivity index is 1.87. The molecule has 1 aliphatic rings. The van der Waals surface area contributed by atoms with Crippen LogP contribution in [0.4, 0.5) is 5.95 Å². The Morgan fingerprint density at radius 2 is 2.21 bits per heavy atom. The predicted molar refractivity (Wildman–Crippen MR) is 74.9 cm³/mol. The zero-order valence-electron chi connectivity index (χ0n) is 10.9. The highest BCUT2D eigenvalue weighted by Crippen LogP contribution is 2.17. The van der Waals surface area contributed by atoms with Crippen molar-refractivity contribution in [1.29, 1.82) is 0 Å². The summed E-state index contributed by atoms with van der Waals surface area (Å²) in [5.41, 5.74) is 2.69. The Hall–Kier alpha value is -2.01. The van der Waals surface area contributed by atoms with E-state index in [0.29, 0.717) is 12.0 Å². The van der Waals surface area contributed by atoms with Gasteiger partial charge in [-0.2, -0.15) is 0 Å². The number of hydrogen-bond donors (Lipinski definition) is 2. The summed E-state index contributed by atoms with van der Waals surface area (Å²) in [5, 5.41) is 6.70. The molecule has 2 N–H and O–H groups in total. The van der Waals surface area contributed by atoms with Gasteiger partial charge in [0.1, 0.15) is 0 Å². The molecular formula is C14H17N5. The third-order valence-electron chi connectivity index (χ3n) is 3.18. The van der Waals surface area contributed by atoms with E-state index in [2.05, 4.69) is 25.6 Å². The van der Waals surface area contributed by atoms with E-state index in [4.69, 9.17) is 0 Å². The Bertz CT molecular complexity index is 549. The van der Waals surface area contributed by atoms with Crippen LogP contribution in [-0.4, -0.2) is 34.1 Å². The second kappa shape index (κ2) is 5.32. The average molecular weight is 255 g/mol. The second-order valence-corrected chi connectivity index (χ2v) is 4.77. The van der Waals surface area contributed by atoms with Crippen LogP contribution < -0.4 is 10.6 Å². The van der Waals surface area contributed by atoms with Crippen molar-refractivity contribution in [3.8, 4) is 11.4 Å². The van der Waals surface area contributed by atoms with Crippen molar-refractivity contribution < 1.29 is 0 Å². The van der Waals surface area contributed by atoms with Crippen molar-refractivity contribution in [1.82, 2.24) is 20.3 Å². The van der Waals surface area contributed by atoms with Crippen LogP contribution in [0, 0.1) is 6.92 Å². The van der Waals surface area contributed by atoms with Gasteiger partial charge in [-0.3, -0.25) is 4.98 Å². The number of aryl methyl sites for hydroxylation is 1. The van der Waals surface area contributed by atoms with Crippen LogP contribution in [0.3, 0.4) is 0 Å². The summed E-state index contributed by atoms with van der Waals surface area (Å²) >= 11 is 0. The van der Waals surface area contributed by atoms with Crippen LogP contribution in [-0.2, 0) is 0 Å². The summed E-state index contributed by atoms with van der Waals surface area (Å²) in [6.07, 6.45) is 2.89. The summed E-state index contributed by atoms with van der Waals surface area (Å²) in [6.45, 7) is 4.00. The van der Waals surface area contributed by atoms with Gasteiger partial charge in [0.15, 0.2) is 0 Å². The highest BCUT2D eigenvalue weighted by Gasteiger charge is 2.15. The maximum Gasteiger partial charge on any atom is 0.223 e. The maximum absolute atomic E-state index is 4.55. The van der Waals surface area contributed by atoms with Gasteiger partial charge in [0.05, 0.1) is 11.4 Å². The molecule has 2 aromatic heterocycles. The van der Waals surface area contributed by atoms with E-state index in [1.807, 2.05) is 31.2 Å². The summed E-state index contributed by atoms with van der Waals surface area (Å²) in [4.78, 5) is 13.3. The first-order chi connectivity index (χ1) is 9.31. The average Bonchev–Trinajstić information content (AvgIpc) is 2.92. The van der Waals surface area contributed by atoms with Gasteiger partial charge in [-0.1, -0.05) is 6.07 Å². The first-order valence-electron chi connectivity index (χ1n) is 6.55. The molecule has 0 aliphatic carbocycles. The molecule has 0 amide bonds. The minimum atomic E-state index is 0.415. The topological polar surface area (TPSA) is 62.7 Å². The first kappa shape index (κ1) is 12.0. The van der Waals surface area contributed by atoms with E-state index in [1.165, 1.54) is 0 Å². The molecule has 5 nitrogen and oxygen atoms in total. The normalized spacial score (nSPS) is 18.5. The molecule has 1 fully saturated rings. The molecule has 1 unspecified atom stereocenters. The van der Waals surface area contributed by atoms with E-state index in [9.17, 15) is 0 Å². The van der Waals surface area contributed by atoms with Crippen LogP contribution in [0.15, 0.2) is 30.5 Å². The van der Waals surface area contributed by atoms with Crippen LogP contribution in [0.5, 0.6) is 0 Å². The fourth-order valence-corrected chi connectivity index (χ4v) is 2.24. The Labute approximate surface area is 112 Å². The highest BCUT2D eigenvalue weighted by molar-refractivity contribution is 5.56. The quantitative estimate of drug-likeness (QED) is 0.872. The number of anilines is 1. The van der Waals surface area contributed by atoms with Gasteiger partial charge in [-0.05, 0) is 38.1 Å². The zero-order chi connectivity index (χ0) is 13.1. The first-order valence-corrected chi connectivity index (χ1v) is 6.55. The lowest BCUT2D eigenvalue weighted by molar-refractivity contribution is 0.779. The van der Waals surface area contributed by atoms with Gasteiger partial charge in [0.25, 0.3) is 0 Å². The molecule has 0 spiro atoms. The number of aromatic nitrogens is 3. The fourth-order valence-electron chi connectivity index (χ4n) is 2.24. The summed E-state index contributed by atoms with van der Waals surface area (Å²) in [7, 11) is 0. The Morgan fingerprint density at radius 1 is 1.26 bits per heavy atom. The number of hydrogen-bond acceptors (Lipinski definition) is 5. The molecule has 3 heterocycles. The van der Waals surface area contributed by atoms with Gasteiger partial charge in [-0.15, -0.1) is 0 Å².